The number of fused-ring (bicyclic) bond motifs is 3. The molecule has 1 aliphatic carbocycles. The van der Waals surface area contributed by atoms with Crippen molar-refractivity contribution in [3.05, 3.63) is 59.2 Å². The lowest BCUT2D eigenvalue weighted by Gasteiger charge is -2.06. The van der Waals surface area contributed by atoms with Crippen LogP contribution in [0.4, 0.5) is 0 Å². The molecule has 0 aliphatic heterocycles. The summed E-state index contributed by atoms with van der Waals surface area (Å²) in [6.07, 6.45) is 1.35. The molecule has 0 amide bonds. The molecule has 0 N–H and O–H groups in total. The Morgan fingerprint density at radius 2 is 1.82 bits per heavy atom. The Balaban J connectivity index is 2.14. The van der Waals surface area contributed by atoms with E-state index in [2.05, 4.69) is 43.0 Å². The minimum Gasteiger partial charge on any atom is -0.287 e. The number of rotatable bonds is 2. The van der Waals surface area contributed by atoms with Crippen LogP contribution in [-0.2, 0) is 17.6 Å². The summed E-state index contributed by atoms with van der Waals surface area (Å²) in [4.78, 5) is 11.2. The molecular formula is C15H12OS. The molecule has 0 radical (unpaired) electrons. The maximum absolute atomic E-state index is 11.2. The molecule has 1 aliphatic rings. The predicted molar refractivity (Wildman–Crippen MR) is 72.4 cm³/mol. The van der Waals surface area contributed by atoms with Gasteiger partial charge in [0.2, 0.25) is 0 Å². The number of carbonyl (C=O) groups excluding carboxylic acids is 1. The van der Waals surface area contributed by atoms with Crippen molar-refractivity contribution >= 4 is 17.7 Å². The van der Waals surface area contributed by atoms with E-state index in [4.69, 9.17) is 0 Å². The topological polar surface area (TPSA) is 17.1 Å². The highest BCUT2D eigenvalue weighted by molar-refractivity contribution is 7.96. The fourth-order valence-electron chi connectivity index (χ4n) is 2.55. The van der Waals surface area contributed by atoms with Gasteiger partial charge in [-0.05, 0) is 34.2 Å². The van der Waals surface area contributed by atoms with Crippen LogP contribution < -0.4 is 0 Å². The number of hydrogen-bond donors (Lipinski definition) is 1. The maximum Gasteiger partial charge on any atom is 0.190 e. The van der Waals surface area contributed by atoms with Gasteiger partial charge in [-0.15, -0.1) is 12.6 Å². The van der Waals surface area contributed by atoms with Crippen molar-refractivity contribution in [2.45, 2.75) is 12.8 Å². The Morgan fingerprint density at radius 1 is 1.06 bits per heavy atom. The lowest BCUT2D eigenvalue weighted by molar-refractivity contribution is -0.110. The summed E-state index contributed by atoms with van der Waals surface area (Å²) in [5, 5.41) is -0.0747. The van der Waals surface area contributed by atoms with Crippen LogP contribution >= 0.6 is 12.6 Å². The van der Waals surface area contributed by atoms with Crippen LogP contribution in [0.3, 0.4) is 0 Å². The van der Waals surface area contributed by atoms with Crippen LogP contribution in [-0.4, -0.2) is 5.12 Å². The molecule has 0 unspecified atom stereocenters. The third-order valence-electron chi connectivity index (χ3n) is 3.29. The van der Waals surface area contributed by atoms with Crippen molar-refractivity contribution in [3.63, 3.8) is 0 Å². The minimum absolute atomic E-state index is 0.0747. The molecule has 0 heterocycles. The summed E-state index contributed by atoms with van der Waals surface area (Å²) < 4.78 is 0. The van der Waals surface area contributed by atoms with Crippen molar-refractivity contribution in [1.82, 2.24) is 0 Å². The van der Waals surface area contributed by atoms with Crippen molar-refractivity contribution in [2.24, 2.45) is 0 Å². The monoisotopic (exact) mass is 240 g/mol. The molecule has 0 aromatic heterocycles. The molecule has 0 saturated carbocycles. The molecule has 17 heavy (non-hydrogen) atoms. The summed E-state index contributed by atoms with van der Waals surface area (Å²) in [5.41, 5.74) is 6.32. The molecular weight excluding hydrogens is 228 g/mol. The average molecular weight is 240 g/mol. The van der Waals surface area contributed by atoms with Gasteiger partial charge >= 0.3 is 0 Å². The Kier molecular flexibility index (Phi) is 2.52. The van der Waals surface area contributed by atoms with Gasteiger partial charge in [-0.3, -0.25) is 4.79 Å². The lowest BCUT2D eigenvalue weighted by Crippen LogP contribution is -1.98. The van der Waals surface area contributed by atoms with Crippen molar-refractivity contribution in [3.8, 4) is 11.1 Å². The van der Waals surface area contributed by atoms with Gasteiger partial charge in [0, 0.05) is 6.42 Å². The molecule has 2 aromatic carbocycles. The van der Waals surface area contributed by atoms with Gasteiger partial charge < -0.3 is 0 Å². The lowest BCUT2D eigenvalue weighted by atomic mass is 10.00. The zero-order valence-corrected chi connectivity index (χ0v) is 10.2. The standard InChI is InChI=1S/C15H12OS/c16-15(17)9-11-5-3-7-13-12-6-2-1-4-10(12)8-14(11)13/h1-7H,8-9H2,(H,16,17). The van der Waals surface area contributed by atoms with Gasteiger partial charge in [0.05, 0.1) is 0 Å². The van der Waals surface area contributed by atoms with Gasteiger partial charge in [-0.1, -0.05) is 42.5 Å². The molecule has 0 atom stereocenters. The molecule has 0 bridgehead atoms. The second-order valence-electron chi connectivity index (χ2n) is 4.35. The third-order valence-corrected chi connectivity index (χ3v) is 3.45. The van der Waals surface area contributed by atoms with Crippen LogP contribution in [0, 0.1) is 0 Å². The van der Waals surface area contributed by atoms with Crippen LogP contribution in [0.2, 0.25) is 0 Å². The zero-order valence-electron chi connectivity index (χ0n) is 9.31. The normalized spacial score (nSPS) is 12.1. The Labute approximate surface area is 106 Å². The van der Waals surface area contributed by atoms with Gasteiger partial charge in [-0.25, -0.2) is 0 Å². The van der Waals surface area contributed by atoms with Crippen molar-refractivity contribution in [1.29, 1.82) is 0 Å². The average Bonchev–Trinajstić information content (AvgIpc) is 2.68. The number of benzene rings is 2. The predicted octanol–water partition coefficient (Wildman–Crippen LogP) is 3.26. The van der Waals surface area contributed by atoms with Crippen LogP contribution in [0.1, 0.15) is 16.7 Å². The van der Waals surface area contributed by atoms with E-state index in [1.54, 1.807) is 0 Å². The smallest absolute Gasteiger partial charge is 0.190 e. The molecule has 2 heteroatoms. The van der Waals surface area contributed by atoms with Gasteiger partial charge in [-0.2, -0.15) is 0 Å². The van der Waals surface area contributed by atoms with Gasteiger partial charge in [0.15, 0.2) is 5.12 Å². The molecule has 2 aromatic rings. The third kappa shape index (κ3) is 1.79. The first-order chi connectivity index (χ1) is 8.25. The summed E-state index contributed by atoms with van der Waals surface area (Å²) in [6.45, 7) is 0. The minimum atomic E-state index is -0.0747. The summed E-state index contributed by atoms with van der Waals surface area (Å²) in [5.74, 6) is 0. The van der Waals surface area contributed by atoms with E-state index in [0.29, 0.717) is 6.42 Å². The van der Waals surface area contributed by atoms with Crippen molar-refractivity contribution in [2.75, 3.05) is 0 Å². The quantitative estimate of drug-likeness (QED) is 0.680. The Morgan fingerprint density at radius 3 is 2.65 bits per heavy atom. The fourth-order valence-corrected chi connectivity index (χ4v) is 2.72. The molecule has 84 valence electrons. The molecule has 0 fully saturated rings. The Bertz CT molecular complexity index is 602. The summed E-state index contributed by atoms with van der Waals surface area (Å²) in [7, 11) is 0. The van der Waals surface area contributed by atoms with E-state index >= 15 is 0 Å². The van der Waals surface area contributed by atoms with Crippen LogP contribution in [0.5, 0.6) is 0 Å². The summed E-state index contributed by atoms with van der Waals surface area (Å²) in [6, 6.07) is 14.6. The van der Waals surface area contributed by atoms with Crippen LogP contribution in [0.15, 0.2) is 42.5 Å². The second-order valence-corrected chi connectivity index (χ2v) is 4.85. The molecule has 1 nitrogen and oxygen atoms in total. The van der Waals surface area contributed by atoms with Gasteiger partial charge in [0.1, 0.15) is 0 Å². The van der Waals surface area contributed by atoms with Crippen LogP contribution in [0.25, 0.3) is 11.1 Å². The maximum atomic E-state index is 11.2. The van der Waals surface area contributed by atoms with E-state index in [-0.39, 0.29) is 5.12 Å². The second kappa shape index (κ2) is 4.04. The molecule has 0 saturated heterocycles. The summed E-state index contributed by atoms with van der Waals surface area (Å²) >= 11 is 3.87. The van der Waals surface area contributed by atoms with Crippen molar-refractivity contribution < 1.29 is 4.79 Å². The number of hydrogen-bond acceptors (Lipinski definition) is 1. The highest BCUT2D eigenvalue weighted by Crippen LogP contribution is 2.38. The zero-order chi connectivity index (χ0) is 11.8. The molecule has 3 rings (SSSR count). The highest BCUT2D eigenvalue weighted by atomic mass is 32.1. The van der Waals surface area contributed by atoms with E-state index in [1.807, 2.05) is 12.1 Å². The van der Waals surface area contributed by atoms with E-state index in [0.717, 1.165) is 12.0 Å². The largest absolute Gasteiger partial charge is 0.287 e. The first kappa shape index (κ1) is 10.6. The highest BCUT2D eigenvalue weighted by Gasteiger charge is 2.20. The van der Waals surface area contributed by atoms with E-state index in [9.17, 15) is 4.79 Å². The SMILES string of the molecule is O=C(S)Cc1cccc2c1Cc1ccccc1-2. The Hall–Kier alpha value is -1.54. The van der Waals surface area contributed by atoms with E-state index < -0.39 is 0 Å². The number of thiol groups is 1. The van der Waals surface area contributed by atoms with Gasteiger partial charge in [0.25, 0.3) is 0 Å². The molecule has 0 spiro atoms. The number of carbonyl (C=O) groups is 1. The fraction of sp³-hybridized carbons (Fsp3) is 0.133. The first-order valence-corrected chi connectivity index (χ1v) is 6.11. The van der Waals surface area contributed by atoms with E-state index in [1.165, 1.54) is 22.3 Å². The first-order valence-electron chi connectivity index (χ1n) is 5.66.